The van der Waals surface area contributed by atoms with Crippen LogP contribution in [0.15, 0.2) is 64.2 Å². The topological polar surface area (TPSA) is 65.8 Å². The molecular formula is C19H18N4O2. The number of pyridine rings is 1. The number of aromatic nitrogens is 4. The molecule has 25 heavy (non-hydrogen) atoms. The predicted octanol–water partition coefficient (Wildman–Crippen LogP) is 2.85. The van der Waals surface area contributed by atoms with E-state index in [1.807, 2.05) is 60.2 Å². The van der Waals surface area contributed by atoms with Gasteiger partial charge in [-0.3, -0.25) is 4.79 Å². The highest BCUT2D eigenvalue weighted by molar-refractivity contribution is 5.78. The van der Waals surface area contributed by atoms with E-state index in [4.69, 9.17) is 4.52 Å². The van der Waals surface area contributed by atoms with Crippen molar-refractivity contribution >= 4 is 10.9 Å². The molecule has 0 radical (unpaired) electrons. The second-order valence-electron chi connectivity index (χ2n) is 5.92. The Kier molecular flexibility index (Phi) is 3.93. The molecule has 0 saturated heterocycles. The number of rotatable bonds is 5. The Hall–Kier alpha value is -3.15. The van der Waals surface area contributed by atoms with E-state index in [1.165, 1.54) is 0 Å². The van der Waals surface area contributed by atoms with E-state index in [9.17, 15) is 4.79 Å². The van der Waals surface area contributed by atoms with Gasteiger partial charge in [-0.25, -0.2) is 0 Å². The van der Waals surface area contributed by atoms with E-state index in [1.54, 1.807) is 10.8 Å². The Morgan fingerprint density at radius 1 is 1.04 bits per heavy atom. The zero-order valence-corrected chi connectivity index (χ0v) is 13.9. The first kappa shape index (κ1) is 15.4. The lowest BCUT2D eigenvalue weighted by atomic mass is 10.1. The molecule has 3 aromatic heterocycles. The van der Waals surface area contributed by atoms with E-state index in [0.717, 1.165) is 17.5 Å². The highest BCUT2D eigenvalue weighted by Crippen LogP contribution is 2.12. The molecule has 1 aromatic carbocycles. The molecule has 0 spiro atoms. The fourth-order valence-corrected chi connectivity index (χ4v) is 2.98. The highest BCUT2D eigenvalue weighted by Gasteiger charge is 2.11. The lowest BCUT2D eigenvalue weighted by Gasteiger charge is -2.05. The zero-order chi connectivity index (χ0) is 17.2. The van der Waals surface area contributed by atoms with Gasteiger partial charge in [0.25, 0.3) is 5.56 Å². The van der Waals surface area contributed by atoms with Crippen LogP contribution in [0.2, 0.25) is 0 Å². The molecule has 6 nitrogen and oxygen atoms in total. The van der Waals surface area contributed by atoms with Crippen LogP contribution in [0.4, 0.5) is 0 Å². The average Bonchev–Trinajstić information content (AvgIpc) is 3.25. The minimum Gasteiger partial charge on any atom is -0.343 e. The summed E-state index contributed by atoms with van der Waals surface area (Å²) < 4.78 is 8.87. The molecule has 0 fully saturated rings. The highest BCUT2D eigenvalue weighted by atomic mass is 16.5. The number of hydrogen-bond donors (Lipinski definition) is 0. The van der Waals surface area contributed by atoms with Crippen molar-refractivity contribution in [3.63, 3.8) is 0 Å². The third kappa shape index (κ3) is 2.98. The van der Waals surface area contributed by atoms with Crippen LogP contribution >= 0.6 is 0 Å². The van der Waals surface area contributed by atoms with Gasteiger partial charge in [-0.1, -0.05) is 35.5 Å². The van der Waals surface area contributed by atoms with Gasteiger partial charge in [0.05, 0.1) is 0 Å². The summed E-state index contributed by atoms with van der Waals surface area (Å²) in [6, 6.07) is 13.9. The van der Waals surface area contributed by atoms with Gasteiger partial charge in [-0.15, -0.1) is 0 Å². The largest absolute Gasteiger partial charge is 0.343 e. The number of nitrogens with zero attached hydrogens (tertiary/aromatic N) is 4. The first-order valence-corrected chi connectivity index (χ1v) is 8.28. The first-order chi connectivity index (χ1) is 12.2. The molecule has 3 heterocycles. The van der Waals surface area contributed by atoms with Crippen molar-refractivity contribution in [2.75, 3.05) is 0 Å². The summed E-state index contributed by atoms with van der Waals surface area (Å²) >= 11 is 0. The maximum absolute atomic E-state index is 12.7. The third-order valence-corrected chi connectivity index (χ3v) is 4.25. The average molecular weight is 334 g/mol. The molecule has 0 aliphatic rings. The standard InChI is InChI=1S/C19H18N4O2/c1-2-22-10-8-15-9-11-23(19(24)18(15)22)13-17-20-16(21-25-17)12-14-6-4-3-5-7-14/h3-11H,2,12-13H2,1H3. The van der Waals surface area contributed by atoms with Crippen molar-refractivity contribution in [1.29, 1.82) is 0 Å². The van der Waals surface area contributed by atoms with Crippen molar-refractivity contribution in [2.24, 2.45) is 0 Å². The van der Waals surface area contributed by atoms with Crippen LogP contribution < -0.4 is 5.56 Å². The maximum Gasteiger partial charge on any atom is 0.275 e. The van der Waals surface area contributed by atoms with Gasteiger partial charge in [0.1, 0.15) is 12.1 Å². The Labute approximate surface area is 144 Å². The molecule has 0 unspecified atom stereocenters. The van der Waals surface area contributed by atoms with Crippen LogP contribution in [0.1, 0.15) is 24.2 Å². The normalized spacial score (nSPS) is 11.2. The van der Waals surface area contributed by atoms with E-state index >= 15 is 0 Å². The quantitative estimate of drug-likeness (QED) is 0.563. The fraction of sp³-hybridized carbons (Fsp3) is 0.211. The maximum atomic E-state index is 12.7. The van der Waals surface area contributed by atoms with Crippen LogP contribution in [-0.2, 0) is 19.5 Å². The molecule has 0 saturated carbocycles. The summed E-state index contributed by atoms with van der Waals surface area (Å²) in [6.45, 7) is 3.04. The minimum atomic E-state index is -0.0489. The monoisotopic (exact) mass is 334 g/mol. The minimum absolute atomic E-state index is 0.0489. The molecule has 0 N–H and O–H groups in total. The Balaban J connectivity index is 1.59. The van der Waals surface area contributed by atoms with E-state index in [-0.39, 0.29) is 12.1 Å². The summed E-state index contributed by atoms with van der Waals surface area (Å²) in [5.41, 5.74) is 1.77. The zero-order valence-electron chi connectivity index (χ0n) is 13.9. The summed E-state index contributed by atoms with van der Waals surface area (Å²) in [7, 11) is 0. The van der Waals surface area contributed by atoms with Crippen molar-refractivity contribution in [2.45, 2.75) is 26.4 Å². The van der Waals surface area contributed by atoms with Crippen molar-refractivity contribution in [1.82, 2.24) is 19.3 Å². The van der Waals surface area contributed by atoms with Crippen molar-refractivity contribution < 1.29 is 4.52 Å². The van der Waals surface area contributed by atoms with E-state index < -0.39 is 0 Å². The Morgan fingerprint density at radius 2 is 1.80 bits per heavy atom. The second kappa shape index (κ2) is 6.39. The van der Waals surface area contributed by atoms with Gasteiger partial charge in [0.15, 0.2) is 5.82 Å². The van der Waals surface area contributed by atoms with Crippen LogP contribution in [0, 0.1) is 0 Å². The molecular weight excluding hydrogens is 316 g/mol. The predicted molar refractivity (Wildman–Crippen MR) is 94.5 cm³/mol. The Bertz CT molecular complexity index is 1060. The molecule has 4 rings (SSSR count). The molecule has 0 aliphatic carbocycles. The smallest absolute Gasteiger partial charge is 0.275 e. The summed E-state index contributed by atoms with van der Waals surface area (Å²) in [6.07, 6.45) is 4.31. The molecule has 4 aromatic rings. The van der Waals surface area contributed by atoms with Gasteiger partial charge in [0, 0.05) is 30.7 Å². The molecule has 0 bridgehead atoms. The second-order valence-corrected chi connectivity index (χ2v) is 5.92. The van der Waals surface area contributed by atoms with Gasteiger partial charge < -0.3 is 13.7 Å². The third-order valence-electron chi connectivity index (χ3n) is 4.25. The van der Waals surface area contributed by atoms with Gasteiger partial charge >= 0.3 is 0 Å². The summed E-state index contributed by atoms with van der Waals surface area (Å²) in [5, 5.41) is 4.96. The lowest BCUT2D eigenvalue weighted by Crippen LogP contribution is -2.22. The van der Waals surface area contributed by atoms with Crippen LogP contribution in [0.25, 0.3) is 10.9 Å². The van der Waals surface area contributed by atoms with Crippen LogP contribution in [0.3, 0.4) is 0 Å². The number of fused-ring (bicyclic) bond motifs is 1. The summed E-state index contributed by atoms with van der Waals surface area (Å²) in [5.74, 6) is 1.05. The van der Waals surface area contributed by atoms with Gasteiger partial charge in [0.2, 0.25) is 5.89 Å². The number of aryl methyl sites for hydroxylation is 1. The van der Waals surface area contributed by atoms with Crippen molar-refractivity contribution in [3.05, 3.63) is 82.5 Å². The lowest BCUT2D eigenvalue weighted by molar-refractivity contribution is 0.365. The Morgan fingerprint density at radius 3 is 2.56 bits per heavy atom. The fourth-order valence-electron chi connectivity index (χ4n) is 2.98. The summed E-state index contributed by atoms with van der Waals surface area (Å²) in [4.78, 5) is 17.1. The van der Waals surface area contributed by atoms with E-state index in [2.05, 4.69) is 10.1 Å². The molecule has 6 heteroatoms. The van der Waals surface area contributed by atoms with Crippen LogP contribution in [0.5, 0.6) is 0 Å². The number of hydrogen-bond acceptors (Lipinski definition) is 4. The van der Waals surface area contributed by atoms with E-state index in [0.29, 0.717) is 23.7 Å². The molecule has 126 valence electrons. The van der Waals surface area contributed by atoms with Crippen molar-refractivity contribution in [3.8, 4) is 0 Å². The molecule has 0 atom stereocenters. The molecule has 0 amide bonds. The van der Waals surface area contributed by atoms with Gasteiger partial charge in [-0.2, -0.15) is 4.98 Å². The number of benzene rings is 1. The SMILES string of the molecule is CCn1ccc2ccn(Cc3nc(Cc4ccccc4)no3)c(=O)c21. The van der Waals surface area contributed by atoms with Gasteiger partial charge in [-0.05, 0) is 24.6 Å². The molecule has 0 aliphatic heterocycles. The van der Waals surface area contributed by atoms with Crippen LogP contribution in [-0.4, -0.2) is 19.3 Å². The first-order valence-electron chi connectivity index (χ1n) is 8.28.